The summed E-state index contributed by atoms with van der Waals surface area (Å²) in [4.78, 5) is 20.0. The first-order valence-corrected chi connectivity index (χ1v) is 9.08. The summed E-state index contributed by atoms with van der Waals surface area (Å²) in [6.07, 6.45) is -3.65. The van der Waals surface area contributed by atoms with Crippen LogP contribution in [0.3, 0.4) is 0 Å². The van der Waals surface area contributed by atoms with E-state index in [2.05, 4.69) is 15.3 Å². The average molecular weight is 425 g/mol. The van der Waals surface area contributed by atoms with E-state index in [9.17, 15) is 28.1 Å². The second-order valence-electron chi connectivity index (χ2n) is 6.77. The number of aliphatic hydroxyl groups excluding tert-OH is 1. The summed E-state index contributed by atoms with van der Waals surface area (Å²) < 4.78 is 47.8. The minimum Gasteiger partial charge on any atom is -0.437 e. The van der Waals surface area contributed by atoms with Gasteiger partial charge in [-0.15, -0.1) is 0 Å². The van der Waals surface area contributed by atoms with Crippen molar-refractivity contribution in [3.8, 4) is 11.6 Å². The number of hydrogen-bond acceptors (Lipinski definition) is 7. The SMILES string of the molecule is Cc1c(Oc2cnc(C(=O)N[C@H](CO)CCC(F)(F)F)cn2)ccc2c1B(O)OC2. The Balaban J connectivity index is 1.64. The molecule has 1 aliphatic rings. The van der Waals surface area contributed by atoms with E-state index in [0.29, 0.717) is 23.4 Å². The Morgan fingerprint density at radius 3 is 2.77 bits per heavy atom. The van der Waals surface area contributed by atoms with Crippen molar-refractivity contribution in [1.82, 2.24) is 15.3 Å². The lowest BCUT2D eigenvalue weighted by Gasteiger charge is -2.17. The van der Waals surface area contributed by atoms with Crippen LogP contribution in [0, 0.1) is 6.92 Å². The second kappa shape index (κ2) is 8.98. The van der Waals surface area contributed by atoms with Crippen molar-refractivity contribution in [2.24, 2.45) is 0 Å². The standard InChI is InChI=1S/C18H19BF3N3O5/c1-10-14(3-2-11-9-29-19(28)16(10)11)30-15-7-23-13(6-24-15)17(27)25-12(8-26)4-5-18(20,21)22/h2-3,6-7,12,26,28H,4-5,8-9H2,1H3,(H,25,27)/t12-/m0/s1. The molecule has 2 heterocycles. The lowest BCUT2D eigenvalue weighted by atomic mass is 9.76. The number of carbonyl (C=O) groups excluding carboxylic acids is 1. The highest BCUT2D eigenvalue weighted by Gasteiger charge is 2.31. The van der Waals surface area contributed by atoms with Crippen molar-refractivity contribution in [3.05, 3.63) is 41.3 Å². The average Bonchev–Trinajstić information content (AvgIpc) is 3.08. The summed E-state index contributed by atoms with van der Waals surface area (Å²) in [5, 5.41) is 21.4. The van der Waals surface area contributed by atoms with Crippen LogP contribution in [0.25, 0.3) is 0 Å². The number of nitrogens with zero attached hydrogens (tertiary/aromatic N) is 2. The number of benzene rings is 1. The zero-order valence-corrected chi connectivity index (χ0v) is 15.9. The normalized spacial score (nSPS) is 14.4. The molecule has 0 saturated heterocycles. The summed E-state index contributed by atoms with van der Waals surface area (Å²) >= 11 is 0. The monoisotopic (exact) mass is 425 g/mol. The molecular formula is C18H19BF3N3O5. The molecule has 0 aliphatic carbocycles. The summed E-state index contributed by atoms with van der Waals surface area (Å²) in [5.74, 6) is -0.250. The Hall–Kier alpha value is -2.70. The number of nitrogens with one attached hydrogen (secondary N) is 1. The van der Waals surface area contributed by atoms with Gasteiger partial charge in [0.2, 0.25) is 5.88 Å². The zero-order valence-electron chi connectivity index (χ0n) is 15.9. The van der Waals surface area contributed by atoms with Crippen LogP contribution in [0.5, 0.6) is 11.6 Å². The van der Waals surface area contributed by atoms with E-state index in [0.717, 1.165) is 11.8 Å². The zero-order chi connectivity index (χ0) is 21.9. The number of hydrogen-bond donors (Lipinski definition) is 3. The summed E-state index contributed by atoms with van der Waals surface area (Å²) in [7, 11) is -1.03. The molecule has 1 atom stereocenters. The number of aliphatic hydroxyl groups is 1. The Labute approximate surface area is 170 Å². The smallest absolute Gasteiger partial charge is 0.437 e. The Morgan fingerprint density at radius 2 is 2.13 bits per heavy atom. The molecule has 2 aromatic rings. The van der Waals surface area contributed by atoms with Gasteiger partial charge in [0.05, 0.1) is 31.6 Å². The fourth-order valence-electron chi connectivity index (χ4n) is 3.00. The highest BCUT2D eigenvalue weighted by Crippen LogP contribution is 2.26. The van der Waals surface area contributed by atoms with E-state index in [1.807, 2.05) is 0 Å². The van der Waals surface area contributed by atoms with Gasteiger partial charge in [0, 0.05) is 6.42 Å². The number of halogens is 3. The quantitative estimate of drug-likeness (QED) is 0.572. The first-order chi connectivity index (χ1) is 14.2. The molecule has 0 bridgehead atoms. The van der Waals surface area contributed by atoms with Gasteiger partial charge in [0.1, 0.15) is 11.4 Å². The van der Waals surface area contributed by atoms with E-state index in [1.54, 1.807) is 19.1 Å². The van der Waals surface area contributed by atoms with Crippen LogP contribution in [0.2, 0.25) is 0 Å². The Kier molecular flexibility index (Phi) is 6.59. The molecule has 12 heteroatoms. The van der Waals surface area contributed by atoms with Crippen LogP contribution in [0.4, 0.5) is 13.2 Å². The van der Waals surface area contributed by atoms with E-state index >= 15 is 0 Å². The molecule has 1 amide bonds. The topological polar surface area (TPSA) is 114 Å². The van der Waals surface area contributed by atoms with Crippen molar-refractivity contribution in [2.75, 3.05) is 6.61 Å². The molecule has 3 rings (SSSR count). The van der Waals surface area contributed by atoms with Gasteiger partial charge >= 0.3 is 13.3 Å². The second-order valence-corrected chi connectivity index (χ2v) is 6.77. The van der Waals surface area contributed by atoms with Crippen LogP contribution in [-0.2, 0) is 11.3 Å². The van der Waals surface area contributed by atoms with E-state index in [-0.39, 0.29) is 11.6 Å². The van der Waals surface area contributed by atoms with E-state index in [1.165, 1.54) is 6.20 Å². The highest BCUT2D eigenvalue weighted by molar-refractivity contribution is 6.62. The van der Waals surface area contributed by atoms with Gasteiger partial charge in [0.25, 0.3) is 5.91 Å². The summed E-state index contributed by atoms with van der Waals surface area (Å²) in [6.45, 7) is 1.43. The largest absolute Gasteiger partial charge is 0.492 e. The first kappa shape index (κ1) is 22.0. The number of amides is 1. The molecule has 160 valence electrons. The minimum atomic E-state index is -4.38. The van der Waals surface area contributed by atoms with Crippen molar-refractivity contribution < 1.29 is 37.5 Å². The Morgan fingerprint density at radius 1 is 1.37 bits per heavy atom. The van der Waals surface area contributed by atoms with Gasteiger partial charge in [-0.05, 0) is 36.0 Å². The predicted octanol–water partition coefficient (Wildman–Crippen LogP) is 1.23. The van der Waals surface area contributed by atoms with Crippen LogP contribution in [0.1, 0.15) is 34.5 Å². The molecule has 0 radical (unpaired) electrons. The van der Waals surface area contributed by atoms with Gasteiger partial charge in [-0.2, -0.15) is 13.2 Å². The molecule has 30 heavy (non-hydrogen) atoms. The minimum absolute atomic E-state index is 0.0822. The van der Waals surface area contributed by atoms with Gasteiger partial charge in [0.15, 0.2) is 0 Å². The fraction of sp³-hybridized carbons (Fsp3) is 0.389. The van der Waals surface area contributed by atoms with Gasteiger partial charge in [-0.1, -0.05) is 6.07 Å². The molecule has 8 nitrogen and oxygen atoms in total. The third kappa shape index (κ3) is 5.26. The molecule has 3 N–H and O–H groups in total. The third-order valence-corrected chi connectivity index (χ3v) is 4.61. The van der Waals surface area contributed by atoms with Crippen LogP contribution in [0.15, 0.2) is 24.5 Å². The van der Waals surface area contributed by atoms with Crippen molar-refractivity contribution >= 4 is 18.5 Å². The number of carbonyl (C=O) groups is 1. The van der Waals surface area contributed by atoms with E-state index in [4.69, 9.17) is 9.39 Å². The van der Waals surface area contributed by atoms with Gasteiger partial charge in [-0.3, -0.25) is 4.79 Å². The van der Waals surface area contributed by atoms with Crippen molar-refractivity contribution in [2.45, 2.75) is 38.6 Å². The predicted molar refractivity (Wildman–Crippen MR) is 99.3 cm³/mol. The summed E-state index contributed by atoms with van der Waals surface area (Å²) in [6, 6.07) is 2.41. The lowest BCUT2D eigenvalue weighted by molar-refractivity contribution is -0.137. The number of fused-ring (bicyclic) bond motifs is 1. The van der Waals surface area contributed by atoms with Crippen LogP contribution >= 0.6 is 0 Å². The van der Waals surface area contributed by atoms with Crippen LogP contribution < -0.4 is 15.5 Å². The number of rotatable bonds is 7. The van der Waals surface area contributed by atoms with E-state index < -0.39 is 44.7 Å². The first-order valence-electron chi connectivity index (χ1n) is 9.08. The molecular weight excluding hydrogens is 406 g/mol. The highest BCUT2D eigenvalue weighted by atomic mass is 19.4. The molecule has 0 saturated carbocycles. The molecule has 1 aromatic heterocycles. The molecule has 1 aliphatic heterocycles. The van der Waals surface area contributed by atoms with Crippen molar-refractivity contribution in [1.29, 1.82) is 0 Å². The maximum Gasteiger partial charge on any atom is 0.492 e. The van der Waals surface area contributed by atoms with Gasteiger partial charge < -0.3 is 24.8 Å². The maximum atomic E-state index is 12.3. The number of aromatic nitrogens is 2. The molecule has 1 aromatic carbocycles. The number of alkyl halides is 3. The van der Waals surface area contributed by atoms with Crippen molar-refractivity contribution in [3.63, 3.8) is 0 Å². The van der Waals surface area contributed by atoms with Gasteiger partial charge in [-0.25, -0.2) is 9.97 Å². The molecule has 0 fully saturated rings. The molecule has 0 spiro atoms. The third-order valence-electron chi connectivity index (χ3n) is 4.61. The maximum absolute atomic E-state index is 12.3. The fourth-order valence-corrected chi connectivity index (χ4v) is 3.00. The number of ether oxygens (including phenoxy) is 1. The summed E-state index contributed by atoms with van der Waals surface area (Å²) in [5.41, 5.74) is 2.03. The van der Waals surface area contributed by atoms with Crippen LogP contribution in [-0.4, -0.2) is 51.9 Å². The lowest BCUT2D eigenvalue weighted by Crippen LogP contribution is -2.38. The molecule has 0 unspecified atom stereocenters. The Bertz CT molecular complexity index is 911.